The lowest BCUT2D eigenvalue weighted by Gasteiger charge is -2.14. The van der Waals surface area contributed by atoms with Crippen LogP contribution in [0, 0.1) is 0 Å². The average molecular weight is 303 g/mol. The van der Waals surface area contributed by atoms with Gasteiger partial charge in [-0.3, -0.25) is 14.3 Å². The summed E-state index contributed by atoms with van der Waals surface area (Å²) in [4.78, 5) is 36.9. The molecule has 0 aromatic carbocycles. The lowest BCUT2D eigenvalue weighted by atomic mass is 10.5. The summed E-state index contributed by atoms with van der Waals surface area (Å²) in [6, 6.07) is -0.255. The molecular formula is C9H13N5O5S. The van der Waals surface area contributed by atoms with Crippen LogP contribution in [0.1, 0.15) is 0 Å². The Morgan fingerprint density at radius 2 is 1.95 bits per heavy atom. The van der Waals surface area contributed by atoms with Crippen molar-refractivity contribution in [3.05, 3.63) is 27.0 Å². The molecule has 0 bridgehead atoms. The number of hydrogen-bond acceptors (Lipinski definition) is 5. The van der Waals surface area contributed by atoms with Crippen LogP contribution in [0.2, 0.25) is 0 Å². The molecule has 2 rings (SSSR count). The number of nitrogens with one attached hydrogen (secondary N) is 2. The maximum absolute atomic E-state index is 11.6. The number of hydrogen-bond donors (Lipinski definition) is 3. The van der Waals surface area contributed by atoms with Gasteiger partial charge in [0.25, 0.3) is 5.56 Å². The summed E-state index contributed by atoms with van der Waals surface area (Å²) >= 11 is 0. The minimum Gasteiger partial charge on any atom is -0.336 e. The third-order valence-corrected chi connectivity index (χ3v) is 3.74. The standard InChI is InChI=1S/C9H13N5O5S/c10-20(18,19)6-5-14(9(17)12-7(6)15)4-3-13-2-1-11-8(13)16/h5H,1-4H2,(H,11,16)(H2,10,18,19)(H,12,15,17). The number of amides is 2. The van der Waals surface area contributed by atoms with E-state index in [4.69, 9.17) is 5.14 Å². The second-order valence-electron chi connectivity index (χ2n) is 4.21. The first-order valence-corrected chi connectivity index (χ1v) is 7.23. The van der Waals surface area contributed by atoms with Gasteiger partial charge < -0.3 is 10.2 Å². The minimum atomic E-state index is -4.22. The quantitative estimate of drug-likeness (QED) is 0.550. The fraction of sp³-hybridized carbons (Fsp3) is 0.444. The molecule has 110 valence electrons. The van der Waals surface area contributed by atoms with Crippen LogP contribution in [0.15, 0.2) is 20.7 Å². The molecule has 0 radical (unpaired) electrons. The number of H-pyrrole nitrogens is 1. The average Bonchev–Trinajstić information content (AvgIpc) is 2.72. The van der Waals surface area contributed by atoms with Crippen molar-refractivity contribution >= 4 is 16.1 Å². The SMILES string of the molecule is NS(=O)(=O)c1cn(CCN2CCNC2=O)c(=O)[nH]c1=O. The van der Waals surface area contributed by atoms with Crippen molar-refractivity contribution < 1.29 is 13.2 Å². The molecule has 20 heavy (non-hydrogen) atoms. The molecule has 1 aromatic rings. The van der Waals surface area contributed by atoms with Crippen molar-refractivity contribution in [2.75, 3.05) is 19.6 Å². The van der Waals surface area contributed by atoms with Gasteiger partial charge in [0.15, 0.2) is 4.90 Å². The molecule has 0 spiro atoms. The molecule has 10 nitrogen and oxygen atoms in total. The Morgan fingerprint density at radius 3 is 2.50 bits per heavy atom. The number of carbonyl (C=O) groups is 1. The lowest BCUT2D eigenvalue weighted by molar-refractivity contribution is 0.215. The van der Waals surface area contributed by atoms with E-state index in [2.05, 4.69) is 5.32 Å². The Kier molecular flexibility index (Phi) is 3.63. The van der Waals surface area contributed by atoms with Gasteiger partial charge in [-0.25, -0.2) is 23.1 Å². The second-order valence-corrected chi connectivity index (χ2v) is 5.74. The molecule has 1 saturated heterocycles. The van der Waals surface area contributed by atoms with Gasteiger partial charge in [-0.15, -0.1) is 0 Å². The Balaban J connectivity index is 2.26. The highest BCUT2D eigenvalue weighted by Gasteiger charge is 2.20. The Morgan fingerprint density at radius 1 is 1.25 bits per heavy atom. The van der Waals surface area contributed by atoms with Crippen molar-refractivity contribution in [2.24, 2.45) is 5.14 Å². The van der Waals surface area contributed by atoms with Gasteiger partial charge in [0.2, 0.25) is 10.0 Å². The van der Waals surface area contributed by atoms with Crippen LogP contribution < -0.4 is 21.7 Å². The third kappa shape index (κ3) is 2.88. The van der Waals surface area contributed by atoms with Crippen LogP contribution in [0.3, 0.4) is 0 Å². The first-order chi connectivity index (χ1) is 9.29. The summed E-state index contributed by atoms with van der Waals surface area (Å²) in [6.45, 7) is 1.27. The second kappa shape index (κ2) is 5.09. The molecular weight excluding hydrogens is 290 g/mol. The predicted molar refractivity (Wildman–Crippen MR) is 67.7 cm³/mol. The van der Waals surface area contributed by atoms with Crippen molar-refractivity contribution in [1.82, 2.24) is 19.8 Å². The van der Waals surface area contributed by atoms with E-state index in [1.165, 1.54) is 4.90 Å². The monoisotopic (exact) mass is 303 g/mol. The predicted octanol–water partition coefficient (Wildman–Crippen LogP) is -2.79. The number of aromatic amines is 1. The summed E-state index contributed by atoms with van der Waals surface area (Å²) in [6.07, 6.45) is 0.879. The third-order valence-electron chi connectivity index (χ3n) is 2.84. The summed E-state index contributed by atoms with van der Waals surface area (Å²) < 4.78 is 23.4. The number of carbonyl (C=O) groups excluding carboxylic acids is 1. The first kappa shape index (κ1) is 14.3. The molecule has 11 heteroatoms. The maximum atomic E-state index is 11.6. The normalized spacial score (nSPS) is 15.4. The van der Waals surface area contributed by atoms with E-state index in [0.717, 1.165) is 10.8 Å². The molecule has 1 aliphatic rings. The van der Waals surface area contributed by atoms with Crippen LogP contribution in [0.4, 0.5) is 4.79 Å². The highest BCUT2D eigenvalue weighted by atomic mass is 32.2. The fourth-order valence-electron chi connectivity index (χ4n) is 1.81. The zero-order chi connectivity index (χ0) is 14.9. The van der Waals surface area contributed by atoms with Gasteiger partial charge in [0.05, 0.1) is 0 Å². The van der Waals surface area contributed by atoms with E-state index < -0.39 is 26.2 Å². The van der Waals surface area contributed by atoms with Gasteiger partial charge in [-0.1, -0.05) is 0 Å². The molecule has 2 amide bonds. The van der Waals surface area contributed by atoms with Crippen molar-refractivity contribution in [2.45, 2.75) is 11.4 Å². The molecule has 1 aromatic heterocycles. The molecule has 1 fully saturated rings. The van der Waals surface area contributed by atoms with Gasteiger partial charge in [-0.05, 0) is 0 Å². The van der Waals surface area contributed by atoms with E-state index in [1.54, 1.807) is 0 Å². The maximum Gasteiger partial charge on any atom is 0.328 e. The highest BCUT2D eigenvalue weighted by molar-refractivity contribution is 7.89. The Hall–Kier alpha value is -2.14. The molecule has 1 aliphatic heterocycles. The fourth-order valence-corrected chi connectivity index (χ4v) is 2.39. The summed E-state index contributed by atoms with van der Waals surface area (Å²) in [5.74, 6) is 0. The summed E-state index contributed by atoms with van der Waals surface area (Å²) in [5.41, 5.74) is -1.82. The van der Waals surface area contributed by atoms with E-state index >= 15 is 0 Å². The topological polar surface area (TPSA) is 147 Å². The Labute approximate surface area is 113 Å². The van der Waals surface area contributed by atoms with E-state index in [1.807, 2.05) is 4.98 Å². The largest absolute Gasteiger partial charge is 0.336 e. The van der Waals surface area contributed by atoms with Crippen LogP contribution in [-0.4, -0.2) is 48.5 Å². The van der Waals surface area contributed by atoms with Crippen LogP contribution in [0.25, 0.3) is 0 Å². The van der Waals surface area contributed by atoms with Gasteiger partial charge in [0.1, 0.15) is 0 Å². The summed E-state index contributed by atoms with van der Waals surface area (Å²) in [7, 11) is -4.22. The van der Waals surface area contributed by atoms with Crippen LogP contribution >= 0.6 is 0 Å². The van der Waals surface area contributed by atoms with Gasteiger partial charge >= 0.3 is 11.7 Å². The van der Waals surface area contributed by atoms with Gasteiger partial charge in [-0.2, -0.15) is 0 Å². The minimum absolute atomic E-state index is 0.0472. The number of nitrogens with two attached hydrogens (primary N) is 1. The molecule has 0 atom stereocenters. The zero-order valence-corrected chi connectivity index (χ0v) is 11.1. The number of primary sulfonamides is 1. The zero-order valence-electron chi connectivity index (χ0n) is 10.3. The highest BCUT2D eigenvalue weighted by Crippen LogP contribution is 1.99. The van der Waals surface area contributed by atoms with Crippen LogP contribution in [-0.2, 0) is 16.6 Å². The Bertz CT molecular complexity index is 749. The van der Waals surface area contributed by atoms with Crippen molar-refractivity contribution in [1.29, 1.82) is 0 Å². The van der Waals surface area contributed by atoms with Crippen molar-refractivity contribution in [3.8, 4) is 0 Å². The first-order valence-electron chi connectivity index (χ1n) is 5.68. The van der Waals surface area contributed by atoms with Gasteiger partial charge in [0, 0.05) is 32.4 Å². The number of nitrogens with zero attached hydrogens (tertiary/aromatic N) is 2. The van der Waals surface area contributed by atoms with E-state index in [0.29, 0.717) is 13.1 Å². The molecule has 0 unspecified atom stereocenters. The molecule has 0 saturated carbocycles. The molecule has 0 aliphatic carbocycles. The molecule has 2 heterocycles. The summed E-state index contributed by atoms with van der Waals surface area (Å²) in [5, 5.41) is 7.47. The van der Waals surface area contributed by atoms with Crippen molar-refractivity contribution in [3.63, 3.8) is 0 Å². The molecule has 4 N–H and O–H groups in total. The van der Waals surface area contributed by atoms with E-state index in [9.17, 15) is 22.8 Å². The smallest absolute Gasteiger partial charge is 0.328 e. The number of sulfonamides is 1. The lowest BCUT2D eigenvalue weighted by Crippen LogP contribution is -2.38. The van der Waals surface area contributed by atoms with E-state index in [-0.39, 0.29) is 19.1 Å². The number of urea groups is 1. The number of rotatable bonds is 4. The number of aromatic nitrogens is 2. The van der Waals surface area contributed by atoms with Crippen LogP contribution in [0.5, 0.6) is 0 Å².